The van der Waals surface area contributed by atoms with E-state index in [0.29, 0.717) is 13.1 Å². The average molecular weight is 343 g/mol. The Morgan fingerprint density at radius 3 is 1.55 bits per heavy atom. The number of hydrogen-bond donors (Lipinski definition) is 4. The third kappa shape index (κ3) is 4.40. The second-order valence-electron chi connectivity index (χ2n) is 5.08. The molecule has 4 nitrogen and oxygen atoms in total. The van der Waals surface area contributed by atoms with Gasteiger partial charge in [-0.15, -0.1) is 23.2 Å². The van der Waals surface area contributed by atoms with Gasteiger partial charge in [0.05, 0.1) is 24.0 Å². The minimum absolute atomic E-state index is 0.195. The summed E-state index contributed by atoms with van der Waals surface area (Å²) >= 11 is 11.2. The number of aliphatic hydroxyl groups excluding tert-OH is 2. The molecule has 22 heavy (non-hydrogen) atoms. The first-order valence-corrected chi connectivity index (χ1v) is 8.20. The SMILES string of the molecule is O[C@H](CCl)CNc1cccc2c(NC[C@@H](O)CCl)cccc12. The van der Waals surface area contributed by atoms with Crippen molar-refractivity contribution in [1.29, 1.82) is 0 Å². The highest BCUT2D eigenvalue weighted by molar-refractivity contribution is 6.18. The fraction of sp³-hybridized carbons (Fsp3) is 0.375. The van der Waals surface area contributed by atoms with Crippen molar-refractivity contribution in [3.05, 3.63) is 36.4 Å². The molecule has 2 atom stereocenters. The highest BCUT2D eigenvalue weighted by atomic mass is 35.5. The van der Waals surface area contributed by atoms with Gasteiger partial charge in [0, 0.05) is 35.2 Å². The number of anilines is 2. The van der Waals surface area contributed by atoms with Crippen LogP contribution in [0.25, 0.3) is 10.8 Å². The highest BCUT2D eigenvalue weighted by Gasteiger charge is 2.08. The van der Waals surface area contributed by atoms with E-state index in [1.54, 1.807) is 0 Å². The molecule has 0 saturated heterocycles. The monoisotopic (exact) mass is 342 g/mol. The van der Waals surface area contributed by atoms with Crippen molar-refractivity contribution < 1.29 is 10.2 Å². The first-order valence-electron chi connectivity index (χ1n) is 7.13. The van der Waals surface area contributed by atoms with Gasteiger partial charge >= 0.3 is 0 Å². The molecule has 0 fully saturated rings. The molecule has 0 spiro atoms. The van der Waals surface area contributed by atoms with Crippen molar-refractivity contribution in [2.24, 2.45) is 0 Å². The summed E-state index contributed by atoms with van der Waals surface area (Å²) < 4.78 is 0. The summed E-state index contributed by atoms with van der Waals surface area (Å²) in [5.41, 5.74) is 1.87. The Morgan fingerprint density at radius 1 is 0.773 bits per heavy atom. The number of halogens is 2. The number of hydrogen-bond acceptors (Lipinski definition) is 4. The van der Waals surface area contributed by atoms with Crippen LogP contribution in [-0.4, -0.2) is 47.3 Å². The molecule has 2 rings (SSSR count). The van der Waals surface area contributed by atoms with Crippen LogP contribution in [0.1, 0.15) is 0 Å². The third-order valence-corrected chi connectivity index (χ3v) is 4.05. The van der Waals surface area contributed by atoms with E-state index in [2.05, 4.69) is 10.6 Å². The van der Waals surface area contributed by atoms with Crippen molar-refractivity contribution in [3.8, 4) is 0 Å². The summed E-state index contributed by atoms with van der Waals surface area (Å²) in [6, 6.07) is 11.8. The van der Waals surface area contributed by atoms with E-state index in [9.17, 15) is 10.2 Å². The van der Waals surface area contributed by atoms with E-state index in [-0.39, 0.29) is 11.8 Å². The fourth-order valence-electron chi connectivity index (χ4n) is 2.18. The molecule has 0 radical (unpaired) electrons. The van der Waals surface area contributed by atoms with Crippen molar-refractivity contribution in [3.63, 3.8) is 0 Å². The number of alkyl halides is 2. The molecule has 2 aromatic carbocycles. The maximum absolute atomic E-state index is 9.57. The third-order valence-electron chi connectivity index (χ3n) is 3.33. The van der Waals surface area contributed by atoms with Crippen LogP contribution in [0.5, 0.6) is 0 Å². The minimum atomic E-state index is -0.586. The summed E-state index contributed by atoms with van der Waals surface area (Å²) in [5.74, 6) is 0.391. The quantitative estimate of drug-likeness (QED) is 0.557. The molecule has 0 bridgehead atoms. The maximum Gasteiger partial charge on any atom is 0.0847 e. The van der Waals surface area contributed by atoms with Crippen molar-refractivity contribution in [2.45, 2.75) is 12.2 Å². The fourth-order valence-corrected chi connectivity index (χ4v) is 2.40. The van der Waals surface area contributed by atoms with Crippen molar-refractivity contribution in [1.82, 2.24) is 0 Å². The van der Waals surface area contributed by atoms with Crippen LogP contribution >= 0.6 is 23.2 Å². The minimum Gasteiger partial charge on any atom is -0.390 e. The number of aliphatic hydroxyl groups is 2. The van der Waals surface area contributed by atoms with E-state index in [1.165, 1.54) is 0 Å². The maximum atomic E-state index is 9.57. The van der Waals surface area contributed by atoms with E-state index in [4.69, 9.17) is 23.2 Å². The molecule has 0 amide bonds. The van der Waals surface area contributed by atoms with E-state index < -0.39 is 12.2 Å². The smallest absolute Gasteiger partial charge is 0.0847 e. The lowest BCUT2D eigenvalue weighted by atomic mass is 10.1. The standard InChI is InChI=1S/C16H20Cl2N2O2/c17-7-11(21)9-19-15-5-1-3-13-14(15)4-2-6-16(13)20-10-12(22)8-18/h1-6,11-12,19-22H,7-10H2/t11-,12+. The van der Waals surface area contributed by atoms with Gasteiger partial charge in [0.1, 0.15) is 0 Å². The van der Waals surface area contributed by atoms with Gasteiger partial charge in [-0.2, -0.15) is 0 Å². The predicted molar refractivity (Wildman–Crippen MR) is 94.4 cm³/mol. The second kappa shape index (κ2) is 8.44. The molecule has 120 valence electrons. The van der Waals surface area contributed by atoms with Gasteiger partial charge in [-0.25, -0.2) is 0 Å². The van der Waals surface area contributed by atoms with Gasteiger partial charge in [0.25, 0.3) is 0 Å². The van der Waals surface area contributed by atoms with Crippen LogP contribution in [0, 0.1) is 0 Å². The topological polar surface area (TPSA) is 64.5 Å². The molecular weight excluding hydrogens is 323 g/mol. The molecule has 0 aliphatic carbocycles. The molecule has 0 heterocycles. The van der Waals surface area contributed by atoms with Crippen LogP contribution in [0.4, 0.5) is 11.4 Å². The zero-order valence-corrected chi connectivity index (χ0v) is 13.6. The number of rotatable bonds is 8. The zero-order valence-electron chi connectivity index (χ0n) is 12.1. The largest absolute Gasteiger partial charge is 0.390 e. The van der Waals surface area contributed by atoms with E-state index in [0.717, 1.165) is 22.1 Å². The van der Waals surface area contributed by atoms with E-state index >= 15 is 0 Å². The van der Waals surface area contributed by atoms with Crippen LogP contribution in [0.15, 0.2) is 36.4 Å². The molecular formula is C16H20Cl2N2O2. The number of benzene rings is 2. The van der Waals surface area contributed by atoms with Crippen LogP contribution < -0.4 is 10.6 Å². The van der Waals surface area contributed by atoms with Crippen molar-refractivity contribution in [2.75, 3.05) is 35.5 Å². The Morgan fingerprint density at radius 2 is 1.18 bits per heavy atom. The van der Waals surface area contributed by atoms with Crippen LogP contribution in [0.2, 0.25) is 0 Å². The van der Waals surface area contributed by atoms with Gasteiger partial charge in [-0.1, -0.05) is 24.3 Å². The molecule has 0 aromatic heterocycles. The number of fused-ring (bicyclic) bond motifs is 1. The molecule has 0 aliphatic rings. The van der Waals surface area contributed by atoms with Crippen molar-refractivity contribution >= 4 is 45.3 Å². The lowest BCUT2D eigenvalue weighted by molar-refractivity contribution is 0.211. The average Bonchev–Trinajstić information content (AvgIpc) is 2.57. The summed E-state index contributed by atoms with van der Waals surface area (Å²) in [4.78, 5) is 0. The Bertz CT molecular complexity index is 556. The molecule has 6 heteroatoms. The molecule has 0 unspecified atom stereocenters. The molecule has 0 aliphatic heterocycles. The van der Waals surface area contributed by atoms with Crippen LogP contribution in [-0.2, 0) is 0 Å². The lowest BCUT2D eigenvalue weighted by Crippen LogP contribution is -2.21. The van der Waals surface area contributed by atoms with Gasteiger partial charge in [-0.3, -0.25) is 0 Å². The lowest BCUT2D eigenvalue weighted by Gasteiger charge is -2.16. The Balaban J connectivity index is 2.22. The predicted octanol–water partition coefficient (Wildman–Crippen LogP) is 2.86. The molecule has 2 aromatic rings. The first-order chi connectivity index (χ1) is 10.7. The molecule has 4 N–H and O–H groups in total. The second-order valence-corrected chi connectivity index (χ2v) is 5.70. The normalized spacial score (nSPS) is 13.8. The highest BCUT2D eigenvalue weighted by Crippen LogP contribution is 2.29. The van der Waals surface area contributed by atoms with Gasteiger partial charge < -0.3 is 20.8 Å². The van der Waals surface area contributed by atoms with Gasteiger partial charge in [0.2, 0.25) is 0 Å². The van der Waals surface area contributed by atoms with Gasteiger partial charge in [-0.05, 0) is 12.1 Å². The van der Waals surface area contributed by atoms with E-state index in [1.807, 2.05) is 36.4 Å². The Labute approximate surface area is 140 Å². The first kappa shape index (κ1) is 17.2. The summed E-state index contributed by atoms with van der Waals surface area (Å²) in [6.45, 7) is 0.788. The Kier molecular flexibility index (Phi) is 6.58. The number of nitrogens with one attached hydrogen (secondary N) is 2. The summed E-state index contributed by atoms with van der Waals surface area (Å²) in [7, 11) is 0. The van der Waals surface area contributed by atoms with Gasteiger partial charge in [0.15, 0.2) is 0 Å². The zero-order chi connectivity index (χ0) is 15.9. The van der Waals surface area contributed by atoms with Crippen LogP contribution in [0.3, 0.4) is 0 Å². The summed E-state index contributed by atoms with van der Waals surface area (Å²) in [5, 5.41) is 27.6. The Hall–Kier alpha value is -1.20. The summed E-state index contributed by atoms with van der Waals surface area (Å²) in [6.07, 6.45) is -1.17. The molecule has 0 saturated carbocycles.